The Labute approximate surface area is 186 Å². The highest BCUT2D eigenvalue weighted by atomic mass is 19.4. The maximum Gasteiger partial charge on any atom is 0.416 e. The third-order valence-electron chi connectivity index (χ3n) is 4.68. The number of amides is 1. The Bertz CT molecular complexity index is 1310. The lowest BCUT2D eigenvalue weighted by atomic mass is 10.1. The molecule has 166 valence electrons. The zero-order valence-corrected chi connectivity index (χ0v) is 16.9. The number of nitrogens with zero attached hydrogens (tertiary/aromatic N) is 2. The van der Waals surface area contributed by atoms with Gasteiger partial charge >= 0.3 is 12.1 Å². The molecule has 0 spiro atoms. The highest BCUT2D eigenvalue weighted by molar-refractivity contribution is 5.98. The molecule has 1 N–H and O–H groups in total. The van der Waals surface area contributed by atoms with Crippen LogP contribution >= 0.6 is 0 Å². The quantitative estimate of drug-likeness (QED) is 0.423. The second-order valence-electron chi connectivity index (χ2n) is 7.01. The van der Waals surface area contributed by atoms with Gasteiger partial charge < -0.3 is 10.1 Å². The van der Waals surface area contributed by atoms with Gasteiger partial charge in [0.05, 0.1) is 22.8 Å². The first kappa shape index (κ1) is 21.9. The topological polar surface area (TPSA) is 81.2 Å². The molecule has 33 heavy (non-hydrogen) atoms. The summed E-state index contributed by atoms with van der Waals surface area (Å²) >= 11 is 0. The third-order valence-corrected chi connectivity index (χ3v) is 4.68. The van der Waals surface area contributed by atoms with Crippen molar-refractivity contribution >= 4 is 28.6 Å². The molecule has 6 nitrogen and oxygen atoms in total. The van der Waals surface area contributed by atoms with E-state index in [1.165, 1.54) is 18.3 Å². The van der Waals surface area contributed by atoms with Crippen LogP contribution in [0.2, 0.25) is 0 Å². The molecular formula is C24H16F3N3O3. The van der Waals surface area contributed by atoms with Crippen LogP contribution in [-0.2, 0) is 15.7 Å². The lowest BCUT2D eigenvalue weighted by molar-refractivity contribution is -0.137. The van der Waals surface area contributed by atoms with Gasteiger partial charge in [-0.1, -0.05) is 48.5 Å². The number of alkyl halides is 3. The summed E-state index contributed by atoms with van der Waals surface area (Å²) in [6, 6.07) is 19.2. The maximum atomic E-state index is 13.0. The zero-order valence-electron chi connectivity index (χ0n) is 16.9. The molecule has 1 heterocycles. The number of fused-ring (bicyclic) bond motifs is 1. The molecule has 0 saturated heterocycles. The van der Waals surface area contributed by atoms with Gasteiger partial charge in [-0.25, -0.2) is 9.78 Å². The van der Waals surface area contributed by atoms with E-state index in [-0.39, 0.29) is 11.4 Å². The lowest BCUT2D eigenvalue weighted by Gasteiger charge is -2.18. The first-order valence-corrected chi connectivity index (χ1v) is 9.77. The predicted octanol–water partition coefficient (Wildman–Crippen LogP) is 5.19. The van der Waals surface area contributed by atoms with Gasteiger partial charge in [-0.3, -0.25) is 9.78 Å². The van der Waals surface area contributed by atoms with Crippen molar-refractivity contribution in [1.82, 2.24) is 9.97 Å². The first-order chi connectivity index (χ1) is 15.8. The number of aromatic nitrogens is 2. The number of halogens is 3. The van der Waals surface area contributed by atoms with Gasteiger partial charge in [0.15, 0.2) is 5.69 Å². The summed E-state index contributed by atoms with van der Waals surface area (Å²) in [5.74, 6) is -1.72. The van der Waals surface area contributed by atoms with Crippen LogP contribution in [0.3, 0.4) is 0 Å². The van der Waals surface area contributed by atoms with Crippen molar-refractivity contribution in [2.24, 2.45) is 0 Å². The largest absolute Gasteiger partial charge is 0.443 e. The molecule has 1 aromatic heterocycles. The number of anilines is 1. The van der Waals surface area contributed by atoms with Crippen LogP contribution < -0.4 is 5.32 Å². The lowest BCUT2D eigenvalue weighted by Crippen LogP contribution is -2.26. The molecule has 4 rings (SSSR count). The van der Waals surface area contributed by atoms with E-state index < -0.39 is 29.7 Å². The van der Waals surface area contributed by atoms with Gasteiger partial charge in [0.2, 0.25) is 6.10 Å². The Balaban J connectivity index is 1.60. The first-order valence-electron chi connectivity index (χ1n) is 9.77. The predicted molar refractivity (Wildman–Crippen MR) is 114 cm³/mol. The van der Waals surface area contributed by atoms with Crippen LogP contribution in [0.15, 0.2) is 85.1 Å². The van der Waals surface area contributed by atoms with Gasteiger partial charge in [0.1, 0.15) is 0 Å². The molecule has 0 aliphatic carbocycles. The molecule has 0 aliphatic heterocycles. The Kier molecular flexibility index (Phi) is 6.03. The number of hydrogen-bond acceptors (Lipinski definition) is 5. The molecule has 1 unspecified atom stereocenters. The fourth-order valence-corrected chi connectivity index (χ4v) is 3.10. The van der Waals surface area contributed by atoms with Crippen LogP contribution in [-0.4, -0.2) is 21.8 Å². The molecule has 0 aliphatic rings. The minimum absolute atomic E-state index is 0.0858. The van der Waals surface area contributed by atoms with Crippen molar-refractivity contribution in [1.29, 1.82) is 0 Å². The normalized spacial score (nSPS) is 12.2. The smallest absolute Gasteiger partial charge is 0.416 e. The average molecular weight is 451 g/mol. The zero-order chi connectivity index (χ0) is 23.4. The summed E-state index contributed by atoms with van der Waals surface area (Å²) in [6.45, 7) is 0. The van der Waals surface area contributed by atoms with Crippen molar-refractivity contribution in [2.45, 2.75) is 12.3 Å². The third kappa shape index (κ3) is 5.15. The van der Waals surface area contributed by atoms with E-state index in [1.54, 1.807) is 54.6 Å². The van der Waals surface area contributed by atoms with Gasteiger partial charge in [-0.15, -0.1) is 0 Å². The number of hydrogen-bond donors (Lipinski definition) is 1. The summed E-state index contributed by atoms with van der Waals surface area (Å²) in [4.78, 5) is 34.1. The molecule has 0 fully saturated rings. The van der Waals surface area contributed by atoms with Gasteiger partial charge in [-0.05, 0) is 30.3 Å². The minimum Gasteiger partial charge on any atom is -0.443 e. The standard InChI is InChI=1S/C24H16F3N3O3/c25-24(26,27)16-9-6-10-17(13-16)29-22(31)21(15-7-2-1-3-8-15)33-23(32)20-14-28-18-11-4-5-12-19(18)30-20/h1-14,21H,(H,29,31). The SMILES string of the molecule is O=C(OC(C(=O)Nc1cccc(C(F)(F)F)c1)c1ccccc1)c1cnc2ccccc2n1. The average Bonchev–Trinajstić information content (AvgIpc) is 2.82. The number of carbonyl (C=O) groups excluding carboxylic acids is 2. The molecule has 0 bridgehead atoms. The number of rotatable bonds is 5. The molecule has 9 heteroatoms. The van der Waals surface area contributed by atoms with Crippen LogP contribution in [0.25, 0.3) is 11.0 Å². The summed E-state index contributed by atoms with van der Waals surface area (Å²) in [7, 11) is 0. The van der Waals surface area contributed by atoms with Crippen LogP contribution in [0, 0.1) is 0 Å². The van der Waals surface area contributed by atoms with Crippen molar-refractivity contribution in [2.75, 3.05) is 5.32 Å². The monoisotopic (exact) mass is 451 g/mol. The van der Waals surface area contributed by atoms with Crippen molar-refractivity contribution in [3.63, 3.8) is 0 Å². The van der Waals surface area contributed by atoms with Crippen LogP contribution in [0.1, 0.15) is 27.7 Å². The van der Waals surface area contributed by atoms with Crippen LogP contribution in [0.4, 0.5) is 18.9 Å². The highest BCUT2D eigenvalue weighted by Gasteiger charge is 2.31. The fourth-order valence-electron chi connectivity index (χ4n) is 3.10. The number of para-hydroxylation sites is 2. The van der Waals surface area contributed by atoms with Gasteiger partial charge in [-0.2, -0.15) is 13.2 Å². The van der Waals surface area contributed by atoms with Gasteiger partial charge in [0, 0.05) is 11.3 Å². The van der Waals surface area contributed by atoms with Crippen molar-refractivity contribution in [3.05, 3.63) is 102 Å². The van der Waals surface area contributed by atoms with E-state index in [0.29, 0.717) is 16.6 Å². The number of ether oxygens (including phenoxy) is 1. The number of esters is 1. The summed E-state index contributed by atoms with van der Waals surface area (Å²) in [5.41, 5.74) is 0.274. The molecule has 1 atom stereocenters. The number of benzene rings is 3. The minimum atomic E-state index is -4.57. The summed E-state index contributed by atoms with van der Waals surface area (Å²) in [6.07, 6.45) is -4.76. The van der Waals surface area contributed by atoms with Gasteiger partial charge in [0.25, 0.3) is 5.91 Å². The Morgan fingerprint density at radius 3 is 2.30 bits per heavy atom. The Hall–Kier alpha value is -4.27. The van der Waals surface area contributed by atoms with E-state index >= 15 is 0 Å². The molecule has 3 aromatic carbocycles. The second-order valence-corrected chi connectivity index (χ2v) is 7.01. The van der Waals surface area contributed by atoms with Crippen molar-refractivity contribution < 1.29 is 27.5 Å². The van der Waals surface area contributed by atoms with E-state index in [0.717, 1.165) is 12.1 Å². The molecular weight excluding hydrogens is 435 g/mol. The summed E-state index contributed by atoms with van der Waals surface area (Å²) < 4.78 is 44.4. The molecule has 0 radical (unpaired) electrons. The van der Waals surface area contributed by atoms with E-state index in [9.17, 15) is 22.8 Å². The molecule has 4 aromatic rings. The highest BCUT2D eigenvalue weighted by Crippen LogP contribution is 2.31. The van der Waals surface area contributed by atoms with Crippen LogP contribution in [0.5, 0.6) is 0 Å². The van der Waals surface area contributed by atoms with E-state index in [1.807, 2.05) is 0 Å². The maximum absolute atomic E-state index is 13.0. The fraction of sp³-hybridized carbons (Fsp3) is 0.0833. The summed E-state index contributed by atoms with van der Waals surface area (Å²) in [5, 5.41) is 2.39. The number of carbonyl (C=O) groups is 2. The van der Waals surface area contributed by atoms with E-state index in [2.05, 4.69) is 15.3 Å². The Morgan fingerprint density at radius 1 is 0.879 bits per heavy atom. The molecule has 0 saturated carbocycles. The van der Waals surface area contributed by atoms with E-state index in [4.69, 9.17) is 4.74 Å². The number of nitrogens with one attached hydrogen (secondary N) is 1. The Morgan fingerprint density at radius 2 is 1.58 bits per heavy atom. The van der Waals surface area contributed by atoms with Crippen molar-refractivity contribution in [3.8, 4) is 0 Å². The molecule has 1 amide bonds. The second kappa shape index (κ2) is 9.07.